The molecule has 0 aromatic heterocycles. The first kappa shape index (κ1) is 16.1. The van der Waals surface area contributed by atoms with Crippen LogP contribution < -0.4 is 5.32 Å². The van der Waals surface area contributed by atoms with Crippen molar-refractivity contribution in [1.82, 2.24) is 5.32 Å². The van der Waals surface area contributed by atoms with Crippen LogP contribution in [0.4, 0.5) is 0 Å². The van der Waals surface area contributed by atoms with Crippen LogP contribution in [0.1, 0.15) is 32.4 Å². The Hall–Kier alpha value is -0.940. The fourth-order valence-corrected chi connectivity index (χ4v) is 1.66. The second-order valence-corrected chi connectivity index (χ2v) is 5.11. The van der Waals surface area contributed by atoms with Gasteiger partial charge in [-0.15, -0.1) is 0 Å². The topological polar surface area (TPSA) is 50.7 Å². The van der Waals surface area contributed by atoms with E-state index in [0.29, 0.717) is 6.54 Å². The van der Waals surface area contributed by atoms with Gasteiger partial charge in [0.05, 0.1) is 12.7 Å². The van der Waals surface area contributed by atoms with Crippen LogP contribution in [0.2, 0.25) is 0 Å². The van der Waals surface area contributed by atoms with Crippen LogP contribution in [0, 0.1) is 0 Å². The van der Waals surface area contributed by atoms with Crippen molar-refractivity contribution < 1.29 is 14.6 Å². The van der Waals surface area contributed by atoms with Gasteiger partial charge in [-0.05, 0) is 26.3 Å². The number of aliphatic hydroxyl groups excluding tert-OH is 1. The molecule has 1 aromatic rings. The highest BCUT2D eigenvalue weighted by Crippen LogP contribution is 2.24. The maximum absolute atomic E-state index is 9.07. The maximum Gasteiger partial charge on any atom is 0.163 e. The van der Waals surface area contributed by atoms with Crippen molar-refractivity contribution >= 4 is 0 Å². The molecular formula is C15H25NO3. The van der Waals surface area contributed by atoms with Gasteiger partial charge in [0.2, 0.25) is 0 Å². The van der Waals surface area contributed by atoms with Crippen LogP contribution in [0.5, 0.6) is 0 Å². The number of hydrogen-bond acceptors (Lipinski definition) is 4. The van der Waals surface area contributed by atoms with Crippen molar-refractivity contribution in [1.29, 1.82) is 0 Å². The molecule has 4 heteroatoms. The predicted octanol–water partition coefficient (Wildman–Crippen LogP) is 2.10. The van der Waals surface area contributed by atoms with Crippen molar-refractivity contribution in [3.05, 3.63) is 35.9 Å². The van der Waals surface area contributed by atoms with Gasteiger partial charge in [-0.3, -0.25) is 0 Å². The molecule has 0 radical (unpaired) electrons. The Bertz CT molecular complexity index is 354. The summed E-state index contributed by atoms with van der Waals surface area (Å²) in [5, 5.41) is 12.3. The summed E-state index contributed by atoms with van der Waals surface area (Å²) < 4.78 is 11.3. The van der Waals surface area contributed by atoms with Crippen LogP contribution in [-0.4, -0.2) is 37.2 Å². The SMILES string of the molecule is COC(C)(C)O[C@@H](CN[C@@H](C)CO)c1ccccc1. The quantitative estimate of drug-likeness (QED) is 0.708. The van der Waals surface area contributed by atoms with E-state index >= 15 is 0 Å². The number of benzene rings is 1. The van der Waals surface area contributed by atoms with Crippen LogP contribution >= 0.6 is 0 Å². The monoisotopic (exact) mass is 267 g/mol. The third-order valence-corrected chi connectivity index (χ3v) is 3.01. The summed E-state index contributed by atoms with van der Waals surface area (Å²) in [5.41, 5.74) is 1.09. The first-order valence-corrected chi connectivity index (χ1v) is 6.60. The van der Waals surface area contributed by atoms with E-state index in [0.717, 1.165) is 5.56 Å². The molecule has 0 amide bonds. The number of ether oxygens (including phenoxy) is 2. The van der Waals surface area contributed by atoms with Gasteiger partial charge in [0.25, 0.3) is 0 Å². The summed E-state index contributed by atoms with van der Waals surface area (Å²) >= 11 is 0. The smallest absolute Gasteiger partial charge is 0.163 e. The summed E-state index contributed by atoms with van der Waals surface area (Å²) in [5.74, 6) is -0.648. The molecule has 2 N–H and O–H groups in total. The molecule has 1 rings (SSSR count). The molecule has 2 atom stereocenters. The van der Waals surface area contributed by atoms with E-state index in [1.54, 1.807) is 7.11 Å². The number of aliphatic hydroxyl groups is 1. The molecule has 0 heterocycles. The molecule has 0 aliphatic carbocycles. The van der Waals surface area contributed by atoms with Gasteiger partial charge in [0.1, 0.15) is 0 Å². The van der Waals surface area contributed by atoms with Gasteiger partial charge >= 0.3 is 0 Å². The zero-order chi connectivity index (χ0) is 14.3. The minimum Gasteiger partial charge on any atom is -0.395 e. The highest BCUT2D eigenvalue weighted by molar-refractivity contribution is 5.18. The molecule has 4 nitrogen and oxygen atoms in total. The molecule has 0 fully saturated rings. The van der Waals surface area contributed by atoms with Crippen molar-refractivity contribution in [3.63, 3.8) is 0 Å². The molecule has 0 aliphatic rings. The maximum atomic E-state index is 9.07. The Morgan fingerprint density at radius 2 is 1.89 bits per heavy atom. The number of hydrogen-bond donors (Lipinski definition) is 2. The van der Waals surface area contributed by atoms with E-state index in [-0.39, 0.29) is 18.8 Å². The Morgan fingerprint density at radius 1 is 1.26 bits per heavy atom. The molecular weight excluding hydrogens is 242 g/mol. The zero-order valence-electron chi connectivity index (χ0n) is 12.2. The van der Waals surface area contributed by atoms with E-state index < -0.39 is 5.79 Å². The van der Waals surface area contributed by atoms with Crippen LogP contribution in [0.25, 0.3) is 0 Å². The summed E-state index contributed by atoms with van der Waals surface area (Å²) in [6.07, 6.45) is -0.120. The molecule has 108 valence electrons. The second-order valence-electron chi connectivity index (χ2n) is 5.11. The number of rotatable bonds is 8. The van der Waals surface area contributed by atoms with Gasteiger partial charge in [0.15, 0.2) is 5.79 Å². The third kappa shape index (κ3) is 5.70. The van der Waals surface area contributed by atoms with Gasteiger partial charge in [-0.2, -0.15) is 0 Å². The first-order chi connectivity index (χ1) is 8.98. The lowest BCUT2D eigenvalue weighted by molar-refractivity contribution is -0.224. The highest BCUT2D eigenvalue weighted by Gasteiger charge is 2.24. The highest BCUT2D eigenvalue weighted by atomic mass is 16.7. The van der Waals surface area contributed by atoms with Crippen molar-refractivity contribution in [2.24, 2.45) is 0 Å². The lowest BCUT2D eigenvalue weighted by Crippen LogP contribution is -2.37. The van der Waals surface area contributed by atoms with Gasteiger partial charge < -0.3 is 19.9 Å². The minimum atomic E-state index is -0.648. The molecule has 19 heavy (non-hydrogen) atoms. The molecule has 0 bridgehead atoms. The van der Waals surface area contributed by atoms with E-state index in [2.05, 4.69) is 5.32 Å². The molecule has 1 aromatic carbocycles. The summed E-state index contributed by atoms with van der Waals surface area (Å²) in [7, 11) is 1.63. The fourth-order valence-electron chi connectivity index (χ4n) is 1.66. The Morgan fingerprint density at radius 3 is 2.42 bits per heavy atom. The molecule has 0 saturated carbocycles. The van der Waals surface area contributed by atoms with E-state index in [9.17, 15) is 0 Å². The van der Waals surface area contributed by atoms with E-state index in [1.165, 1.54) is 0 Å². The Balaban J connectivity index is 2.74. The number of nitrogens with one attached hydrogen (secondary N) is 1. The van der Waals surface area contributed by atoms with E-state index in [4.69, 9.17) is 14.6 Å². The summed E-state index contributed by atoms with van der Waals surface area (Å²) in [6, 6.07) is 10.1. The fraction of sp³-hybridized carbons (Fsp3) is 0.600. The zero-order valence-corrected chi connectivity index (χ0v) is 12.2. The van der Waals surface area contributed by atoms with Gasteiger partial charge in [-0.25, -0.2) is 0 Å². The summed E-state index contributed by atoms with van der Waals surface area (Å²) in [6.45, 7) is 6.44. The first-order valence-electron chi connectivity index (χ1n) is 6.60. The van der Waals surface area contributed by atoms with Crippen molar-refractivity contribution in [2.75, 3.05) is 20.3 Å². The van der Waals surface area contributed by atoms with Crippen molar-refractivity contribution in [3.8, 4) is 0 Å². The van der Waals surface area contributed by atoms with Gasteiger partial charge in [-0.1, -0.05) is 30.3 Å². The third-order valence-electron chi connectivity index (χ3n) is 3.01. The van der Waals surface area contributed by atoms with Crippen LogP contribution in [0.3, 0.4) is 0 Å². The predicted molar refractivity (Wildman–Crippen MR) is 75.9 cm³/mol. The molecule has 0 spiro atoms. The summed E-state index contributed by atoms with van der Waals surface area (Å²) in [4.78, 5) is 0. The average Bonchev–Trinajstić information content (AvgIpc) is 2.44. The standard InChI is InChI=1S/C15H25NO3/c1-12(11-17)16-10-14(19-15(2,3)18-4)13-8-6-5-7-9-13/h5-9,12,14,16-17H,10-11H2,1-4H3/t12-,14-/m0/s1. The minimum absolute atomic E-state index is 0.0421. The van der Waals surface area contributed by atoms with E-state index in [1.807, 2.05) is 51.1 Å². The lowest BCUT2D eigenvalue weighted by Gasteiger charge is -2.30. The second kappa shape index (κ2) is 7.60. The van der Waals surface area contributed by atoms with Crippen LogP contribution in [0.15, 0.2) is 30.3 Å². The largest absolute Gasteiger partial charge is 0.395 e. The Kier molecular flexibility index (Phi) is 6.45. The van der Waals surface area contributed by atoms with Crippen molar-refractivity contribution in [2.45, 2.75) is 38.7 Å². The Labute approximate surface area is 115 Å². The van der Waals surface area contributed by atoms with Gasteiger partial charge in [0, 0.05) is 19.7 Å². The van der Waals surface area contributed by atoms with Crippen LogP contribution in [-0.2, 0) is 9.47 Å². The molecule has 0 unspecified atom stereocenters. The molecule has 0 saturated heterocycles. The normalized spacial score (nSPS) is 15.2. The molecule has 0 aliphatic heterocycles. The average molecular weight is 267 g/mol. The number of methoxy groups -OCH3 is 1. The lowest BCUT2D eigenvalue weighted by atomic mass is 10.1.